The quantitative estimate of drug-likeness (QED) is 0.846. The molecule has 0 aliphatic heterocycles. The summed E-state index contributed by atoms with van der Waals surface area (Å²) in [5.41, 5.74) is 6.18. The summed E-state index contributed by atoms with van der Waals surface area (Å²) < 4.78 is 0. The van der Waals surface area contributed by atoms with E-state index in [0.717, 1.165) is 11.4 Å². The number of nitrogens with zero attached hydrogens (tertiary/aromatic N) is 3. The van der Waals surface area contributed by atoms with Crippen LogP contribution < -0.4 is 11.1 Å². The third-order valence-corrected chi connectivity index (χ3v) is 3.54. The number of halogens is 1. The van der Waals surface area contributed by atoms with Crippen molar-refractivity contribution in [1.29, 1.82) is 0 Å². The predicted molar refractivity (Wildman–Crippen MR) is 80.1 cm³/mol. The average Bonchev–Trinajstić information content (AvgIpc) is 2.78. The van der Waals surface area contributed by atoms with E-state index in [9.17, 15) is 4.79 Å². The standard InChI is InChI=1S/C12H14ClN5OS/c1-6(2)3-9-17-18-12(20-9)16-11(19)8-4-7(14)5-15-10(8)13/h4-6H,3,14H2,1-2H3,(H,16,18,19). The summed E-state index contributed by atoms with van der Waals surface area (Å²) in [7, 11) is 0. The molecule has 0 aliphatic carbocycles. The number of nitrogens with one attached hydrogen (secondary N) is 1. The smallest absolute Gasteiger partial charge is 0.260 e. The number of amides is 1. The van der Waals surface area contributed by atoms with E-state index >= 15 is 0 Å². The van der Waals surface area contributed by atoms with Gasteiger partial charge in [0.25, 0.3) is 5.91 Å². The summed E-state index contributed by atoms with van der Waals surface area (Å²) in [5.74, 6) is 0.0844. The van der Waals surface area contributed by atoms with Crippen molar-refractivity contribution in [3.63, 3.8) is 0 Å². The van der Waals surface area contributed by atoms with Crippen molar-refractivity contribution in [3.8, 4) is 0 Å². The molecule has 0 bridgehead atoms. The summed E-state index contributed by atoms with van der Waals surface area (Å²) in [6.45, 7) is 4.19. The maximum atomic E-state index is 12.1. The van der Waals surface area contributed by atoms with Crippen LogP contribution in [0.4, 0.5) is 10.8 Å². The summed E-state index contributed by atoms with van der Waals surface area (Å²) in [4.78, 5) is 15.9. The molecule has 6 nitrogen and oxygen atoms in total. The van der Waals surface area contributed by atoms with E-state index in [0.29, 0.717) is 16.7 Å². The SMILES string of the molecule is CC(C)Cc1nnc(NC(=O)c2cc(N)cnc2Cl)s1. The lowest BCUT2D eigenvalue weighted by Crippen LogP contribution is -2.13. The van der Waals surface area contributed by atoms with Gasteiger partial charge in [-0.1, -0.05) is 36.8 Å². The number of nitrogen functional groups attached to an aromatic ring is 1. The van der Waals surface area contributed by atoms with Gasteiger partial charge in [0.1, 0.15) is 10.2 Å². The summed E-state index contributed by atoms with van der Waals surface area (Å²) in [6, 6.07) is 1.47. The minimum atomic E-state index is -0.401. The maximum absolute atomic E-state index is 12.1. The first-order valence-electron chi connectivity index (χ1n) is 6.00. The molecule has 0 saturated heterocycles. The molecule has 2 heterocycles. The molecule has 0 spiro atoms. The molecule has 106 valence electrons. The van der Waals surface area contributed by atoms with Gasteiger partial charge in [-0.3, -0.25) is 10.1 Å². The zero-order valence-corrected chi connectivity index (χ0v) is 12.6. The highest BCUT2D eigenvalue weighted by Gasteiger charge is 2.15. The van der Waals surface area contributed by atoms with E-state index in [4.69, 9.17) is 17.3 Å². The van der Waals surface area contributed by atoms with Crippen molar-refractivity contribution in [2.75, 3.05) is 11.1 Å². The zero-order valence-electron chi connectivity index (χ0n) is 11.1. The second-order valence-electron chi connectivity index (χ2n) is 4.66. The predicted octanol–water partition coefficient (Wildman–Crippen LogP) is 2.62. The van der Waals surface area contributed by atoms with E-state index in [-0.39, 0.29) is 10.7 Å². The van der Waals surface area contributed by atoms with Crippen LogP contribution in [0.25, 0.3) is 0 Å². The van der Waals surface area contributed by atoms with Gasteiger partial charge in [0.05, 0.1) is 17.4 Å². The van der Waals surface area contributed by atoms with Crippen LogP contribution in [0.15, 0.2) is 12.3 Å². The van der Waals surface area contributed by atoms with Gasteiger partial charge in [0.2, 0.25) is 5.13 Å². The van der Waals surface area contributed by atoms with Gasteiger partial charge in [0.15, 0.2) is 0 Å². The number of hydrogen-bond acceptors (Lipinski definition) is 6. The molecule has 3 N–H and O–H groups in total. The Kier molecular flexibility index (Phi) is 4.51. The average molecular weight is 312 g/mol. The topological polar surface area (TPSA) is 93.8 Å². The van der Waals surface area contributed by atoms with E-state index in [1.165, 1.54) is 23.6 Å². The number of carbonyl (C=O) groups is 1. The molecule has 0 aliphatic rings. The first-order chi connectivity index (χ1) is 9.45. The lowest BCUT2D eigenvalue weighted by Gasteiger charge is -2.03. The summed E-state index contributed by atoms with van der Waals surface area (Å²) in [6.07, 6.45) is 2.22. The van der Waals surface area contributed by atoms with Gasteiger partial charge in [0, 0.05) is 6.42 Å². The molecule has 2 aromatic rings. The van der Waals surface area contributed by atoms with E-state index in [1.807, 2.05) is 0 Å². The lowest BCUT2D eigenvalue weighted by atomic mass is 10.1. The molecule has 20 heavy (non-hydrogen) atoms. The molecule has 1 amide bonds. The lowest BCUT2D eigenvalue weighted by molar-refractivity contribution is 0.102. The van der Waals surface area contributed by atoms with Crippen molar-refractivity contribution in [1.82, 2.24) is 15.2 Å². The van der Waals surface area contributed by atoms with Crippen LogP contribution in [0.2, 0.25) is 5.15 Å². The molecule has 0 fully saturated rings. The molecule has 0 atom stereocenters. The van der Waals surface area contributed by atoms with Crippen molar-refractivity contribution in [2.24, 2.45) is 5.92 Å². The number of carbonyl (C=O) groups excluding carboxylic acids is 1. The Morgan fingerprint density at radius 3 is 2.95 bits per heavy atom. The largest absolute Gasteiger partial charge is 0.397 e. The van der Waals surface area contributed by atoms with Gasteiger partial charge >= 0.3 is 0 Å². The minimum absolute atomic E-state index is 0.101. The summed E-state index contributed by atoms with van der Waals surface area (Å²) >= 11 is 7.22. The van der Waals surface area contributed by atoms with Crippen molar-refractivity contribution >= 4 is 39.7 Å². The molecule has 0 unspecified atom stereocenters. The molecule has 0 aromatic carbocycles. The van der Waals surface area contributed by atoms with Crippen molar-refractivity contribution in [2.45, 2.75) is 20.3 Å². The number of nitrogens with two attached hydrogens (primary N) is 1. The van der Waals surface area contributed by atoms with Crippen LogP contribution in [-0.4, -0.2) is 21.1 Å². The fraction of sp³-hybridized carbons (Fsp3) is 0.333. The van der Waals surface area contributed by atoms with Gasteiger partial charge in [-0.05, 0) is 12.0 Å². The molecule has 2 aromatic heterocycles. The van der Waals surface area contributed by atoms with Crippen LogP contribution in [0.3, 0.4) is 0 Å². The molecule has 0 saturated carbocycles. The molecule has 0 radical (unpaired) electrons. The van der Waals surface area contributed by atoms with Gasteiger partial charge in [-0.2, -0.15) is 0 Å². The first-order valence-corrected chi connectivity index (χ1v) is 7.20. The third kappa shape index (κ3) is 3.64. The Morgan fingerprint density at radius 2 is 2.25 bits per heavy atom. The van der Waals surface area contributed by atoms with Crippen LogP contribution in [0.1, 0.15) is 29.2 Å². The van der Waals surface area contributed by atoms with Gasteiger partial charge < -0.3 is 5.73 Å². The fourth-order valence-corrected chi connectivity index (χ4v) is 2.66. The maximum Gasteiger partial charge on any atom is 0.260 e. The van der Waals surface area contributed by atoms with Crippen LogP contribution >= 0.6 is 22.9 Å². The van der Waals surface area contributed by atoms with Crippen LogP contribution in [0.5, 0.6) is 0 Å². The molecule has 8 heteroatoms. The highest BCUT2D eigenvalue weighted by atomic mass is 35.5. The number of pyridine rings is 1. The monoisotopic (exact) mass is 311 g/mol. The normalized spacial score (nSPS) is 10.8. The van der Waals surface area contributed by atoms with Gasteiger partial charge in [-0.25, -0.2) is 4.98 Å². The highest BCUT2D eigenvalue weighted by molar-refractivity contribution is 7.15. The van der Waals surface area contributed by atoms with Crippen LogP contribution in [-0.2, 0) is 6.42 Å². The highest BCUT2D eigenvalue weighted by Crippen LogP contribution is 2.21. The van der Waals surface area contributed by atoms with Crippen molar-refractivity contribution in [3.05, 3.63) is 28.0 Å². The number of anilines is 2. The fourth-order valence-electron chi connectivity index (χ4n) is 1.52. The minimum Gasteiger partial charge on any atom is -0.397 e. The number of rotatable bonds is 4. The van der Waals surface area contributed by atoms with E-state index in [2.05, 4.69) is 34.3 Å². The molecule has 2 rings (SSSR count). The Balaban J connectivity index is 2.11. The second kappa shape index (κ2) is 6.15. The van der Waals surface area contributed by atoms with Crippen molar-refractivity contribution < 1.29 is 4.79 Å². The van der Waals surface area contributed by atoms with E-state index < -0.39 is 5.91 Å². The number of hydrogen-bond donors (Lipinski definition) is 2. The van der Waals surface area contributed by atoms with Gasteiger partial charge in [-0.15, -0.1) is 10.2 Å². The zero-order chi connectivity index (χ0) is 14.7. The number of aromatic nitrogens is 3. The first kappa shape index (κ1) is 14.7. The molecular formula is C12H14ClN5OS. The van der Waals surface area contributed by atoms with Crippen LogP contribution in [0, 0.1) is 5.92 Å². The summed E-state index contributed by atoms with van der Waals surface area (Å²) in [5, 5.41) is 12.0. The molecular weight excluding hydrogens is 298 g/mol. The third-order valence-electron chi connectivity index (χ3n) is 2.38. The Hall–Kier alpha value is -1.73. The Labute approximate surface area is 125 Å². The Bertz CT molecular complexity index is 628. The second-order valence-corrected chi connectivity index (χ2v) is 6.08. The Morgan fingerprint density at radius 1 is 1.50 bits per heavy atom. The van der Waals surface area contributed by atoms with E-state index in [1.54, 1.807) is 0 Å².